The van der Waals surface area contributed by atoms with Gasteiger partial charge in [0.05, 0.1) is 23.9 Å². The van der Waals surface area contributed by atoms with Crippen LogP contribution in [0, 0.1) is 11.7 Å². The van der Waals surface area contributed by atoms with Crippen molar-refractivity contribution in [1.29, 1.82) is 0 Å². The molecule has 2 N–H and O–H groups in total. The maximum Gasteiger partial charge on any atom is 0.340 e. The molecule has 0 aliphatic rings. The summed E-state index contributed by atoms with van der Waals surface area (Å²) in [7, 11) is 1.64. The van der Waals surface area contributed by atoms with Crippen molar-refractivity contribution in [2.45, 2.75) is 19.9 Å². The molecule has 1 aromatic heterocycles. The lowest BCUT2D eigenvalue weighted by molar-refractivity contribution is -0.122. The van der Waals surface area contributed by atoms with Crippen molar-refractivity contribution in [1.82, 2.24) is 15.2 Å². The molecule has 35 heavy (non-hydrogen) atoms. The predicted molar refractivity (Wildman–Crippen MR) is 138 cm³/mol. The fraction of sp³-hybridized carbons (Fsp3) is 0.320. The monoisotopic (exact) mass is 518 g/mol. The fourth-order valence-corrected chi connectivity index (χ4v) is 4.67. The third-order valence-corrected chi connectivity index (χ3v) is 6.47. The van der Waals surface area contributed by atoms with Gasteiger partial charge in [-0.2, -0.15) is 5.10 Å². The number of hydrogen-bond acceptors (Lipinski definition) is 5. The first-order valence-electron chi connectivity index (χ1n) is 11.1. The Kier molecular flexibility index (Phi) is 9.20. The minimum absolute atomic E-state index is 0.0527. The van der Waals surface area contributed by atoms with Crippen LogP contribution in [0.25, 0.3) is 10.1 Å². The number of aliphatic hydroxyl groups excluding tert-OH is 1. The molecule has 0 fully saturated rings. The van der Waals surface area contributed by atoms with E-state index < -0.39 is 36.9 Å². The van der Waals surface area contributed by atoms with Gasteiger partial charge in [0.15, 0.2) is 0 Å². The molecule has 0 saturated heterocycles. The number of amides is 3. The SMILES string of the molecule is CC(C)CN(C)C(=O)N(CC(=O)NC(CO)c1cccc(Cl)c1F)/N=C/c1cc2ccccc2s1. The van der Waals surface area contributed by atoms with E-state index in [1.165, 1.54) is 34.4 Å². The van der Waals surface area contributed by atoms with Crippen LogP contribution < -0.4 is 5.32 Å². The highest BCUT2D eigenvalue weighted by Crippen LogP contribution is 2.25. The summed E-state index contributed by atoms with van der Waals surface area (Å²) >= 11 is 7.35. The Morgan fingerprint density at radius 3 is 2.66 bits per heavy atom. The van der Waals surface area contributed by atoms with Gasteiger partial charge in [0.25, 0.3) is 0 Å². The van der Waals surface area contributed by atoms with Gasteiger partial charge in [-0.3, -0.25) is 4.79 Å². The standard InChI is InChI=1S/C25H28ClFN4O3S/c1-16(2)13-30(3)25(34)31(28-12-18-11-17-7-4-5-10-22(17)35-18)14-23(33)29-21(15-32)19-8-6-9-20(26)24(19)27/h4-12,16,21,32H,13-15H2,1-3H3,(H,29,33)/b28-12+. The number of carbonyl (C=O) groups excluding carboxylic acids is 2. The molecule has 0 radical (unpaired) electrons. The van der Waals surface area contributed by atoms with Crippen molar-refractivity contribution < 1.29 is 19.1 Å². The van der Waals surface area contributed by atoms with Crippen LogP contribution in [0.5, 0.6) is 0 Å². The van der Waals surface area contributed by atoms with Gasteiger partial charge < -0.3 is 15.3 Å². The summed E-state index contributed by atoms with van der Waals surface area (Å²) < 4.78 is 15.5. The molecule has 0 saturated carbocycles. The Balaban J connectivity index is 1.80. The molecule has 0 aliphatic carbocycles. The Morgan fingerprint density at radius 1 is 1.23 bits per heavy atom. The molecule has 3 amide bonds. The Labute approximate surface area is 212 Å². The lowest BCUT2D eigenvalue weighted by Crippen LogP contribution is -2.45. The number of carbonyl (C=O) groups is 2. The highest BCUT2D eigenvalue weighted by molar-refractivity contribution is 7.20. The second kappa shape index (κ2) is 12.1. The Hall–Kier alpha value is -3.01. The van der Waals surface area contributed by atoms with Crippen molar-refractivity contribution in [2.75, 3.05) is 26.7 Å². The fourth-order valence-electron chi connectivity index (χ4n) is 3.56. The van der Waals surface area contributed by atoms with Crippen LogP contribution in [-0.2, 0) is 4.79 Å². The van der Waals surface area contributed by atoms with E-state index in [-0.39, 0.29) is 16.5 Å². The van der Waals surface area contributed by atoms with Crippen molar-refractivity contribution in [3.05, 3.63) is 69.8 Å². The first-order chi connectivity index (χ1) is 16.7. The van der Waals surface area contributed by atoms with E-state index in [9.17, 15) is 19.1 Å². The molecule has 1 heterocycles. The number of rotatable bonds is 9. The number of halogens is 2. The maximum absolute atomic E-state index is 14.4. The smallest absolute Gasteiger partial charge is 0.340 e. The summed E-state index contributed by atoms with van der Waals surface area (Å²) in [5, 5.41) is 18.6. The van der Waals surface area contributed by atoms with Gasteiger partial charge in [-0.25, -0.2) is 14.2 Å². The number of urea groups is 1. The van der Waals surface area contributed by atoms with Crippen LogP contribution in [0.3, 0.4) is 0 Å². The summed E-state index contributed by atoms with van der Waals surface area (Å²) in [5.74, 6) is -1.11. The second-order valence-electron chi connectivity index (χ2n) is 8.49. The maximum atomic E-state index is 14.4. The van der Waals surface area contributed by atoms with Gasteiger partial charge in [0.2, 0.25) is 5.91 Å². The molecule has 0 bridgehead atoms. The van der Waals surface area contributed by atoms with E-state index >= 15 is 0 Å². The molecule has 3 rings (SSSR count). The first kappa shape index (κ1) is 26.6. The van der Waals surface area contributed by atoms with Gasteiger partial charge in [0.1, 0.15) is 12.4 Å². The molecule has 1 atom stereocenters. The van der Waals surface area contributed by atoms with Crippen LogP contribution in [0.1, 0.15) is 30.3 Å². The van der Waals surface area contributed by atoms with E-state index in [1.807, 2.05) is 44.2 Å². The molecular weight excluding hydrogens is 491 g/mol. The van der Waals surface area contributed by atoms with Gasteiger partial charge in [-0.15, -0.1) is 11.3 Å². The zero-order chi connectivity index (χ0) is 25.5. The van der Waals surface area contributed by atoms with E-state index in [1.54, 1.807) is 13.3 Å². The molecule has 3 aromatic rings. The van der Waals surface area contributed by atoms with E-state index in [4.69, 9.17) is 11.6 Å². The molecule has 0 aliphatic heterocycles. The first-order valence-corrected chi connectivity index (χ1v) is 12.3. The third-order valence-electron chi connectivity index (χ3n) is 5.12. The van der Waals surface area contributed by atoms with Crippen LogP contribution in [-0.4, -0.2) is 59.9 Å². The van der Waals surface area contributed by atoms with Crippen LogP contribution in [0.2, 0.25) is 5.02 Å². The van der Waals surface area contributed by atoms with Crippen molar-refractivity contribution in [3.8, 4) is 0 Å². The number of nitrogens with zero attached hydrogens (tertiary/aromatic N) is 3. The summed E-state index contributed by atoms with van der Waals surface area (Å²) in [6.07, 6.45) is 1.54. The Bertz CT molecular complexity index is 1180. The lowest BCUT2D eigenvalue weighted by Gasteiger charge is -2.26. The van der Waals surface area contributed by atoms with Crippen LogP contribution in [0.15, 0.2) is 53.6 Å². The highest BCUT2D eigenvalue weighted by Gasteiger charge is 2.24. The lowest BCUT2D eigenvalue weighted by atomic mass is 10.1. The molecule has 10 heteroatoms. The average Bonchev–Trinajstić information content (AvgIpc) is 3.24. The number of fused-ring (bicyclic) bond motifs is 1. The molecule has 1 unspecified atom stereocenters. The average molecular weight is 519 g/mol. The van der Waals surface area contributed by atoms with E-state index in [2.05, 4.69) is 10.4 Å². The minimum Gasteiger partial charge on any atom is -0.394 e. The van der Waals surface area contributed by atoms with E-state index in [0.717, 1.165) is 20.0 Å². The zero-order valence-corrected chi connectivity index (χ0v) is 21.3. The number of benzene rings is 2. The van der Waals surface area contributed by atoms with Gasteiger partial charge in [0, 0.05) is 28.7 Å². The summed E-state index contributed by atoms with van der Waals surface area (Å²) in [4.78, 5) is 28.2. The molecule has 2 aromatic carbocycles. The van der Waals surface area contributed by atoms with Crippen molar-refractivity contribution in [2.24, 2.45) is 11.0 Å². The normalized spacial score (nSPS) is 12.3. The molecule has 0 spiro atoms. The number of thiophene rings is 1. The topological polar surface area (TPSA) is 85.2 Å². The number of aliphatic hydroxyl groups is 1. The minimum atomic E-state index is -1.03. The van der Waals surface area contributed by atoms with Gasteiger partial charge >= 0.3 is 6.03 Å². The summed E-state index contributed by atoms with van der Waals surface area (Å²) in [6.45, 7) is 3.47. The van der Waals surface area contributed by atoms with Crippen LogP contribution >= 0.6 is 22.9 Å². The van der Waals surface area contributed by atoms with Gasteiger partial charge in [-0.1, -0.05) is 55.8 Å². The summed E-state index contributed by atoms with van der Waals surface area (Å²) in [5.41, 5.74) is 0.0527. The molecular formula is C25H28ClFN4O3S. The largest absolute Gasteiger partial charge is 0.394 e. The van der Waals surface area contributed by atoms with Crippen LogP contribution in [0.4, 0.5) is 9.18 Å². The highest BCUT2D eigenvalue weighted by atomic mass is 35.5. The number of hydrogen-bond donors (Lipinski definition) is 2. The number of nitrogens with one attached hydrogen (secondary N) is 1. The van der Waals surface area contributed by atoms with Crippen molar-refractivity contribution >= 4 is 51.2 Å². The summed E-state index contributed by atoms with van der Waals surface area (Å²) in [6, 6.07) is 12.7. The zero-order valence-electron chi connectivity index (χ0n) is 19.7. The predicted octanol–water partition coefficient (Wildman–Crippen LogP) is 4.89. The third kappa shape index (κ3) is 7.00. The van der Waals surface area contributed by atoms with Crippen molar-refractivity contribution in [3.63, 3.8) is 0 Å². The van der Waals surface area contributed by atoms with Gasteiger partial charge in [-0.05, 0) is 29.5 Å². The quantitative estimate of drug-likeness (QED) is 0.312. The van der Waals surface area contributed by atoms with E-state index in [0.29, 0.717) is 6.54 Å². The molecule has 186 valence electrons. The molecule has 7 nitrogen and oxygen atoms in total. The Morgan fingerprint density at radius 2 is 1.97 bits per heavy atom. The number of hydrazone groups is 1. The second-order valence-corrected chi connectivity index (χ2v) is 10.0.